The topological polar surface area (TPSA) is 57.7 Å². The van der Waals surface area contributed by atoms with E-state index in [9.17, 15) is 4.79 Å². The fourth-order valence-corrected chi connectivity index (χ4v) is 4.74. The summed E-state index contributed by atoms with van der Waals surface area (Å²) in [5.74, 6) is 0.965. The second kappa shape index (κ2) is 9.91. The SMILES string of the molecule is COc1ccc(N2CCCN(CC(=O)NCCc3nc4ccccc4s3)CC2)cc1. The maximum atomic E-state index is 12.4. The van der Waals surface area contributed by atoms with Crippen molar-refractivity contribution < 1.29 is 9.53 Å². The summed E-state index contributed by atoms with van der Waals surface area (Å²) in [6.07, 6.45) is 1.82. The summed E-state index contributed by atoms with van der Waals surface area (Å²) in [5, 5.41) is 4.13. The second-order valence-corrected chi connectivity index (χ2v) is 8.61. The molecule has 0 atom stereocenters. The van der Waals surface area contributed by atoms with E-state index in [2.05, 4.69) is 38.3 Å². The van der Waals surface area contributed by atoms with Crippen molar-refractivity contribution in [3.05, 3.63) is 53.5 Å². The number of rotatable bonds is 7. The zero-order valence-electron chi connectivity index (χ0n) is 17.3. The Morgan fingerprint density at radius 1 is 1.10 bits per heavy atom. The molecule has 1 amide bonds. The number of para-hydroxylation sites is 1. The molecule has 6 nitrogen and oxygen atoms in total. The number of amides is 1. The lowest BCUT2D eigenvalue weighted by atomic mass is 10.2. The molecule has 2 aromatic carbocycles. The molecule has 1 fully saturated rings. The molecule has 1 aliphatic rings. The summed E-state index contributed by atoms with van der Waals surface area (Å²) in [6, 6.07) is 16.3. The minimum atomic E-state index is 0.0917. The lowest BCUT2D eigenvalue weighted by Gasteiger charge is -2.23. The lowest BCUT2D eigenvalue weighted by molar-refractivity contribution is -0.122. The number of aromatic nitrogens is 1. The average Bonchev–Trinajstić information content (AvgIpc) is 3.04. The minimum absolute atomic E-state index is 0.0917. The third-order valence-corrected chi connectivity index (χ3v) is 6.49. The number of anilines is 1. The first-order valence-electron chi connectivity index (χ1n) is 10.4. The molecular formula is C23H28N4O2S. The fourth-order valence-electron chi connectivity index (χ4n) is 3.77. The molecule has 1 aliphatic heterocycles. The number of thiazole rings is 1. The predicted octanol–water partition coefficient (Wildman–Crippen LogP) is 3.18. The smallest absolute Gasteiger partial charge is 0.234 e. The largest absolute Gasteiger partial charge is 0.497 e. The number of carbonyl (C=O) groups excluding carboxylic acids is 1. The predicted molar refractivity (Wildman–Crippen MR) is 123 cm³/mol. The standard InChI is InChI=1S/C23H28N4O2S/c1-29-19-9-7-18(8-10-19)27-14-4-13-26(15-16-27)17-22(28)24-12-11-23-25-20-5-2-3-6-21(20)30-23/h2-3,5-10H,4,11-17H2,1H3,(H,24,28). The van der Waals surface area contributed by atoms with Crippen LogP contribution in [0.15, 0.2) is 48.5 Å². The molecule has 30 heavy (non-hydrogen) atoms. The number of fused-ring (bicyclic) bond motifs is 1. The molecule has 7 heteroatoms. The van der Waals surface area contributed by atoms with E-state index in [1.54, 1.807) is 18.4 Å². The Bertz CT molecular complexity index is 940. The van der Waals surface area contributed by atoms with Gasteiger partial charge in [-0.05, 0) is 42.8 Å². The first-order valence-corrected chi connectivity index (χ1v) is 11.3. The van der Waals surface area contributed by atoms with E-state index in [0.29, 0.717) is 13.1 Å². The molecular weight excluding hydrogens is 396 g/mol. The highest BCUT2D eigenvalue weighted by Crippen LogP contribution is 2.22. The van der Waals surface area contributed by atoms with Crippen LogP contribution in [0.3, 0.4) is 0 Å². The number of carbonyl (C=O) groups is 1. The van der Waals surface area contributed by atoms with Gasteiger partial charge in [-0.2, -0.15) is 0 Å². The lowest BCUT2D eigenvalue weighted by Crippen LogP contribution is -2.39. The number of nitrogens with one attached hydrogen (secondary N) is 1. The minimum Gasteiger partial charge on any atom is -0.497 e. The molecule has 158 valence electrons. The van der Waals surface area contributed by atoms with Crippen LogP contribution >= 0.6 is 11.3 Å². The molecule has 0 unspecified atom stereocenters. The zero-order valence-corrected chi connectivity index (χ0v) is 18.2. The van der Waals surface area contributed by atoms with Gasteiger partial charge in [-0.1, -0.05) is 12.1 Å². The van der Waals surface area contributed by atoms with Gasteiger partial charge in [0.05, 0.1) is 28.9 Å². The summed E-state index contributed by atoms with van der Waals surface area (Å²) in [5.41, 5.74) is 2.24. The monoisotopic (exact) mass is 424 g/mol. The van der Waals surface area contributed by atoms with Crippen LogP contribution in [-0.2, 0) is 11.2 Å². The van der Waals surface area contributed by atoms with Gasteiger partial charge in [0.2, 0.25) is 5.91 Å². The first kappa shape index (κ1) is 20.6. The van der Waals surface area contributed by atoms with Crippen molar-refractivity contribution in [2.45, 2.75) is 12.8 Å². The summed E-state index contributed by atoms with van der Waals surface area (Å²) in [6.45, 7) is 4.84. The Balaban J connectivity index is 1.21. The number of benzene rings is 2. The second-order valence-electron chi connectivity index (χ2n) is 7.49. The Morgan fingerprint density at radius 3 is 2.73 bits per heavy atom. The molecule has 0 spiro atoms. The van der Waals surface area contributed by atoms with Crippen LogP contribution in [-0.4, -0.2) is 62.2 Å². The van der Waals surface area contributed by atoms with Gasteiger partial charge < -0.3 is 15.0 Å². The number of nitrogens with zero attached hydrogens (tertiary/aromatic N) is 3. The molecule has 1 aromatic heterocycles. The number of hydrogen-bond acceptors (Lipinski definition) is 6. The van der Waals surface area contributed by atoms with Crippen LogP contribution in [0.2, 0.25) is 0 Å². The van der Waals surface area contributed by atoms with Gasteiger partial charge >= 0.3 is 0 Å². The van der Waals surface area contributed by atoms with Crippen molar-refractivity contribution in [3.8, 4) is 5.75 Å². The molecule has 1 N–H and O–H groups in total. The fraction of sp³-hybridized carbons (Fsp3) is 0.391. The van der Waals surface area contributed by atoms with Crippen molar-refractivity contribution in [1.82, 2.24) is 15.2 Å². The van der Waals surface area contributed by atoms with E-state index in [-0.39, 0.29) is 5.91 Å². The molecule has 0 bridgehead atoms. The van der Waals surface area contributed by atoms with E-state index >= 15 is 0 Å². The Morgan fingerprint density at radius 2 is 1.93 bits per heavy atom. The van der Waals surface area contributed by atoms with E-state index < -0.39 is 0 Å². The van der Waals surface area contributed by atoms with Gasteiger partial charge in [-0.25, -0.2) is 4.98 Å². The Kier molecular flexibility index (Phi) is 6.81. The van der Waals surface area contributed by atoms with Crippen LogP contribution in [0.5, 0.6) is 5.75 Å². The van der Waals surface area contributed by atoms with E-state index in [0.717, 1.165) is 55.3 Å². The normalized spacial score (nSPS) is 15.2. The third-order valence-electron chi connectivity index (χ3n) is 5.39. The van der Waals surface area contributed by atoms with Crippen molar-refractivity contribution in [1.29, 1.82) is 0 Å². The van der Waals surface area contributed by atoms with E-state index in [4.69, 9.17) is 4.74 Å². The van der Waals surface area contributed by atoms with Gasteiger partial charge in [0.15, 0.2) is 0 Å². The van der Waals surface area contributed by atoms with Gasteiger partial charge in [0.1, 0.15) is 5.75 Å². The summed E-state index contributed by atoms with van der Waals surface area (Å²) in [7, 11) is 1.68. The molecule has 1 saturated heterocycles. The van der Waals surface area contributed by atoms with Gasteiger partial charge in [-0.15, -0.1) is 11.3 Å². The van der Waals surface area contributed by atoms with Crippen LogP contribution in [0.4, 0.5) is 5.69 Å². The molecule has 3 aromatic rings. The molecule has 0 saturated carbocycles. The van der Waals surface area contributed by atoms with Gasteiger partial charge in [0.25, 0.3) is 0 Å². The average molecular weight is 425 g/mol. The zero-order chi connectivity index (χ0) is 20.8. The first-order chi connectivity index (χ1) is 14.7. The Hall–Kier alpha value is -2.64. The maximum absolute atomic E-state index is 12.4. The van der Waals surface area contributed by atoms with Crippen molar-refractivity contribution in [3.63, 3.8) is 0 Å². The van der Waals surface area contributed by atoms with Crippen LogP contribution < -0.4 is 15.0 Å². The maximum Gasteiger partial charge on any atom is 0.234 e. The van der Waals surface area contributed by atoms with Crippen LogP contribution in [0, 0.1) is 0 Å². The molecule has 2 heterocycles. The number of ether oxygens (including phenoxy) is 1. The van der Waals surface area contributed by atoms with Gasteiger partial charge in [-0.3, -0.25) is 9.69 Å². The van der Waals surface area contributed by atoms with Crippen molar-refractivity contribution >= 4 is 33.1 Å². The third kappa shape index (κ3) is 5.29. The highest BCUT2D eigenvalue weighted by atomic mass is 32.1. The molecule has 0 radical (unpaired) electrons. The van der Waals surface area contributed by atoms with Crippen LogP contribution in [0.1, 0.15) is 11.4 Å². The number of methoxy groups -OCH3 is 1. The van der Waals surface area contributed by atoms with Crippen LogP contribution in [0.25, 0.3) is 10.2 Å². The highest BCUT2D eigenvalue weighted by molar-refractivity contribution is 7.18. The van der Waals surface area contributed by atoms with E-state index in [1.165, 1.54) is 10.4 Å². The summed E-state index contributed by atoms with van der Waals surface area (Å²) in [4.78, 5) is 21.7. The summed E-state index contributed by atoms with van der Waals surface area (Å²) < 4.78 is 6.44. The molecule has 0 aliphatic carbocycles. The van der Waals surface area contributed by atoms with Gasteiger partial charge in [0, 0.05) is 44.8 Å². The number of hydrogen-bond donors (Lipinski definition) is 1. The summed E-state index contributed by atoms with van der Waals surface area (Å²) >= 11 is 1.70. The van der Waals surface area contributed by atoms with Crippen molar-refractivity contribution in [2.75, 3.05) is 51.3 Å². The molecule has 4 rings (SSSR count). The Labute approximate surface area is 181 Å². The van der Waals surface area contributed by atoms with E-state index in [1.807, 2.05) is 30.3 Å². The highest BCUT2D eigenvalue weighted by Gasteiger charge is 2.17. The quantitative estimate of drug-likeness (QED) is 0.631. The van der Waals surface area contributed by atoms with Crippen molar-refractivity contribution in [2.24, 2.45) is 0 Å².